The number of carbonyl (C=O) groups excluding carboxylic acids is 3. The summed E-state index contributed by atoms with van der Waals surface area (Å²) in [6.45, 7) is 6.46. The van der Waals surface area contributed by atoms with E-state index in [4.69, 9.17) is 4.74 Å². The number of anilines is 1. The topological polar surface area (TPSA) is 87.7 Å². The Kier molecular flexibility index (Phi) is 8.56. The third-order valence-corrected chi connectivity index (χ3v) is 5.82. The van der Waals surface area contributed by atoms with E-state index in [2.05, 4.69) is 41.8 Å². The first kappa shape index (κ1) is 23.6. The van der Waals surface area contributed by atoms with Crippen molar-refractivity contribution < 1.29 is 19.1 Å². The number of hydrogen-bond acceptors (Lipinski definition) is 6. The molecular formula is C22H29N3O4S. The molecule has 1 aromatic carbocycles. The SMILES string of the molecule is CCOC(=O)c1c(NC(=O)CN(C)Cc2ccc(CC)cc2)sc(C(=O)NC)c1C. The number of ether oxygens (including phenoxy) is 1. The summed E-state index contributed by atoms with van der Waals surface area (Å²) in [5, 5.41) is 5.66. The molecule has 1 heterocycles. The Bertz CT molecular complexity index is 906. The lowest BCUT2D eigenvalue weighted by atomic mass is 10.1. The van der Waals surface area contributed by atoms with Crippen LogP contribution in [0.5, 0.6) is 0 Å². The van der Waals surface area contributed by atoms with Gasteiger partial charge in [0, 0.05) is 13.6 Å². The van der Waals surface area contributed by atoms with Crippen molar-refractivity contribution in [3.05, 3.63) is 51.4 Å². The Morgan fingerprint density at radius 3 is 2.30 bits per heavy atom. The number of aryl methyl sites for hydroxylation is 1. The summed E-state index contributed by atoms with van der Waals surface area (Å²) >= 11 is 1.07. The van der Waals surface area contributed by atoms with Crippen LogP contribution in [0.25, 0.3) is 0 Å². The second-order valence-electron chi connectivity index (χ2n) is 6.95. The third kappa shape index (κ3) is 5.90. The first-order valence-electron chi connectivity index (χ1n) is 9.89. The second-order valence-corrected chi connectivity index (χ2v) is 7.97. The second kappa shape index (κ2) is 10.9. The van der Waals surface area contributed by atoms with Gasteiger partial charge in [-0.25, -0.2) is 4.79 Å². The lowest BCUT2D eigenvalue weighted by Gasteiger charge is -2.16. The van der Waals surface area contributed by atoms with E-state index in [1.54, 1.807) is 13.8 Å². The third-order valence-electron chi connectivity index (χ3n) is 4.61. The minimum absolute atomic E-state index is 0.143. The number of carbonyl (C=O) groups is 3. The van der Waals surface area contributed by atoms with Crippen LogP contribution in [0.2, 0.25) is 0 Å². The number of amides is 2. The van der Waals surface area contributed by atoms with Crippen LogP contribution in [0, 0.1) is 6.92 Å². The van der Waals surface area contributed by atoms with Crippen LogP contribution in [-0.4, -0.2) is 49.9 Å². The van der Waals surface area contributed by atoms with Gasteiger partial charge in [0.15, 0.2) is 0 Å². The molecule has 0 fully saturated rings. The van der Waals surface area contributed by atoms with E-state index in [0.717, 1.165) is 23.3 Å². The average Bonchev–Trinajstić information content (AvgIpc) is 3.03. The quantitative estimate of drug-likeness (QED) is 0.595. The lowest BCUT2D eigenvalue weighted by Crippen LogP contribution is -2.30. The number of benzene rings is 1. The molecule has 0 saturated heterocycles. The van der Waals surface area contributed by atoms with Gasteiger partial charge in [-0.2, -0.15) is 0 Å². The van der Waals surface area contributed by atoms with Crippen molar-refractivity contribution in [2.75, 3.05) is 32.6 Å². The van der Waals surface area contributed by atoms with Crippen molar-refractivity contribution in [3.8, 4) is 0 Å². The molecule has 0 aliphatic carbocycles. The molecule has 30 heavy (non-hydrogen) atoms. The fraction of sp³-hybridized carbons (Fsp3) is 0.409. The molecule has 0 radical (unpaired) electrons. The molecule has 0 aliphatic rings. The summed E-state index contributed by atoms with van der Waals surface area (Å²) in [5.74, 6) is -1.13. The number of nitrogens with zero attached hydrogens (tertiary/aromatic N) is 1. The number of likely N-dealkylation sites (N-methyl/N-ethyl adjacent to an activating group) is 1. The fourth-order valence-electron chi connectivity index (χ4n) is 3.04. The van der Waals surface area contributed by atoms with Crippen LogP contribution in [0.3, 0.4) is 0 Å². The van der Waals surface area contributed by atoms with Gasteiger partial charge >= 0.3 is 5.97 Å². The summed E-state index contributed by atoms with van der Waals surface area (Å²) < 4.78 is 5.11. The van der Waals surface area contributed by atoms with Crippen molar-refractivity contribution in [2.45, 2.75) is 33.7 Å². The summed E-state index contributed by atoms with van der Waals surface area (Å²) in [5.41, 5.74) is 3.11. The molecule has 0 unspecified atom stereocenters. The summed E-state index contributed by atoms with van der Waals surface area (Å²) in [7, 11) is 3.38. The maximum atomic E-state index is 12.6. The Hall–Kier alpha value is -2.71. The molecule has 0 atom stereocenters. The molecule has 7 nitrogen and oxygen atoms in total. The number of nitrogens with one attached hydrogen (secondary N) is 2. The van der Waals surface area contributed by atoms with E-state index in [0.29, 0.717) is 22.0 Å². The molecule has 2 N–H and O–H groups in total. The normalized spacial score (nSPS) is 10.7. The number of esters is 1. The predicted molar refractivity (Wildman–Crippen MR) is 119 cm³/mol. The van der Waals surface area contributed by atoms with E-state index in [-0.39, 0.29) is 30.5 Å². The van der Waals surface area contributed by atoms with Gasteiger partial charge in [0.2, 0.25) is 5.91 Å². The molecular weight excluding hydrogens is 402 g/mol. The Balaban J connectivity index is 2.12. The highest BCUT2D eigenvalue weighted by atomic mass is 32.1. The van der Waals surface area contributed by atoms with Gasteiger partial charge in [-0.3, -0.25) is 14.5 Å². The largest absolute Gasteiger partial charge is 0.462 e. The zero-order valence-electron chi connectivity index (χ0n) is 18.1. The van der Waals surface area contributed by atoms with E-state index >= 15 is 0 Å². The molecule has 0 saturated carbocycles. The van der Waals surface area contributed by atoms with Crippen LogP contribution in [0.15, 0.2) is 24.3 Å². The van der Waals surface area contributed by atoms with Crippen LogP contribution in [-0.2, 0) is 22.5 Å². The summed E-state index contributed by atoms with van der Waals surface area (Å²) in [6, 6.07) is 8.29. The van der Waals surface area contributed by atoms with Crippen molar-refractivity contribution in [3.63, 3.8) is 0 Å². The maximum Gasteiger partial charge on any atom is 0.341 e. The van der Waals surface area contributed by atoms with Crippen LogP contribution < -0.4 is 10.6 Å². The molecule has 2 aromatic rings. The summed E-state index contributed by atoms with van der Waals surface area (Å²) in [4.78, 5) is 39.4. The highest BCUT2D eigenvalue weighted by Gasteiger charge is 2.26. The average molecular weight is 432 g/mol. The molecule has 0 bridgehead atoms. The van der Waals surface area contributed by atoms with Crippen molar-refractivity contribution in [2.24, 2.45) is 0 Å². The zero-order valence-corrected chi connectivity index (χ0v) is 18.9. The smallest absolute Gasteiger partial charge is 0.341 e. The number of hydrogen-bond donors (Lipinski definition) is 2. The van der Waals surface area contributed by atoms with Crippen LogP contribution in [0.4, 0.5) is 5.00 Å². The Morgan fingerprint density at radius 2 is 1.73 bits per heavy atom. The van der Waals surface area contributed by atoms with Crippen molar-refractivity contribution in [1.29, 1.82) is 0 Å². The van der Waals surface area contributed by atoms with Gasteiger partial charge in [-0.15, -0.1) is 11.3 Å². The number of rotatable bonds is 9. The van der Waals surface area contributed by atoms with Gasteiger partial charge in [0.1, 0.15) is 5.00 Å². The van der Waals surface area contributed by atoms with Crippen molar-refractivity contribution in [1.82, 2.24) is 10.2 Å². The van der Waals surface area contributed by atoms with Gasteiger partial charge in [-0.1, -0.05) is 31.2 Å². The first-order valence-corrected chi connectivity index (χ1v) is 10.7. The number of thiophene rings is 1. The summed E-state index contributed by atoms with van der Waals surface area (Å²) in [6.07, 6.45) is 0.986. The van der Waals surface area contributed by atoms with E-state index in [9.17, 15) is 14.4 Å². The van der Waals surface area contributed by atoms with Crippen LogP contribution in [0.1, 0.15) is 50.6 Å². The van der Waals surface area contributed by atoms with E-state index in [1.807, 2.05) is 11.9 Å². The lowest BCUT2D eigenvalue weighted by molar-refractivity contribution is -0.117. The highest BCUT2D eigenvalue weighted by molar-refractivity contribution is 7.18. The van der Waals surface area contributed by atoms with E-state index < -0.39 is 5.97 Å². The van der Waals surface area contributed by atoms with Gasteiger partial charge < -0.3 is 15.4 Å². The van der Waals surface area contributed by atoms with Gasteiger partial charge in [0.25, 0.3) is 5.91 Å². The molecule has 8 heteroatoms. The Morgan fingerprint density at radius 1 is 1.10 bits per heavy atom. The standard InChI is InChI=1S/C22H29N3O4S/c1-6-15-8-10-16(11-9-15)12-25(5)13-17(26)24-21-18(22(28)29-7-2)14(3)19(30-21)20(27)23-4/h8-11H,6-7,12-13H2,1-5H3,(H,23,27)(H,24,26). The van der Waals surface area contributed by atoms with Crippen molar-refractivity contribution >= 4 is 34.1 Å². The molecule has 0 aliphatic heterocycles. The zero-order chi connectivity index (χ0) is 22.3. The Labute approximate surface area is 181 Å². The highest BCUT2D eigenvalue weighted by Crippen LogP contribution is 2.33. The van der Waals surface area contributed by atoms with Gasteiger partial charge in [0.05, 0.1) is 23.6 Å². The molecule has 2 rings (SSSR count). The monoisotopic (exact) mass is 431 g/mol. The minimum Gasteiger partial charge on any atom is -0.462 e. The van der Waals surface area contributed by atoms with Gasteiger partial charge in [-0.05, 0) is 44.0 Å². The molecule has 2 amide bonds. The van der Waals surface area contributed by atoms with E-state index in [1.165, 1.54) is 12.6 Å². The first-order chi connectivity index (χ1) is 14.3. The molecule has 162 valence electrons. The minimum atomic E-state index is -0.555. The maximum absolute atomic E-state index is 12.6. The van der Waals surface area contributed by atoms with Crippen LogP contribution >= 0.6 is 11.3 Å². The molecule has 0 spiro atoms. The predicted octanol–water partition coefficient (Wildman–Crippen LogP) is 3.23. The fourth-order valence-corrected chi connectivity index (χ4v) is 4.20. The molecule has 1 aromatic heterocycles.